The maximum atomic E-state index is 11.1. The average Bonchev–Trinajstić information content (AvgIpc) is 2.66. The van der Waals surface area contributed by atoms with Crippen molar-refractivity contribution >= 4 is 6.29 Å². The number of hydrogen-bond acceptors (Lipinski definition) is 6. The van der Waals surface area contributed by atoms with Crippen LogP contribution in [0.5, 0.6) is 0 Å². The summed E-state index contributed by atoms with van der Waals surface area (Å²) in [6.07, 6.45) is -4.03. The van der Waals surface area contributed by atoms with Gasteiger partial charge >= 0.3 is 0 Å². The largest absolute Gasteiger partial charge is 0.393 e. The molecule has 2 aromatic rings. The highest BCUT2D eigenvalue weighted by molar-refractivity contribution is 5.60. The Balaban J connectivity index is 2.59. The number of aliphatic hydroxyl groups is 5. The van der Waals surface area contributed by atoms with Gasteiger partial charge in [-0.15, -0.1) is 0 Å². The van der Waals surface area contributed by atoms with E-state index in [1.54, 1.807) is 36.4 Å². The summed E-state index contributed by atoms with van der Waals surface area (Å²) < 4.78 is 0. The van der Waals surface area contributed by atoms with E-state index < -0.39 is 30.0 Å². The predicted octanol–water partition coefficient (Wildman–Crippen LogP) is -0.325. The molecule has 6 heteroatoms. The second-order valence-electron chi connectivity index (χ2n) is 5.62. The monoisotopic (exact) mass is 332 g/mol. The first-order chi connectivity index (χ1) is 11.4. The number of carbonyl (C=O) groups is 1. The number of carbonyl (C=O) groups excluding carboxylic acids is 1. The second kappa shape index (κ2) is 7.21. The van der Waals surface area contributed by atoms with E-state index in [0.29, 0.717) is 0 Å². The maximum absolute atomic E-state index is 11.1. The smallest absolute Gasteiger partial charge is 0.151 e. The van der Waals surface area contributed by atoms with E-state index in [4.69, 9.17) is 0 Å². The van der Waals surface area contributed by atoms with E-state index in [1.165, 1.54) is 24.3 Å². The SMILES string of the molecule is O=C[C@@H](O)[C@@](O)(c1ccccc1)[C@@H](O)[C@](O)(CO)c1ccccc1. The van der Waals surface area contributed by atoms with Crippen molar-refractivity contribution in [3.05, 3.63) is 71.8 Å². The van der Waals surface area contributed by atoms with Gasteiger partial charge in [-0.3, -0.25) is 0 Å². The number of rotatable bonds is 7. The normalized spacial score (nSPS) is 18.9. The number of aldehydes is 1. The van der Waals surface area contributed by atoms with Crippen LogP contribution in [-0.2, 0) is 16.0 Å². The van der Waals surface area contributed by atoms with Gasteiger partial charge in [0.1, 0.15) is 17.8 Å². The molecule has 0 saturated carbocycles. The molecule has 0 fully saturated rings. The fourth-order valence-corrected chi connectivity index (χ4v) is 2.73. The van der Waals surface area contributed by atoms with Gasteiger partial charge in [-0.05, 0) is 11.1 Å². The molecule has 4 atom stereocenters. The highest BCUT2D eigenvalue weighted by atomic mass is 16.4. The van der Waals surface area contributed by atoms with Crippen LogP contribution in [0.2, 0.25) is 0 Å². The Morgan fingerprint density at radius 2 is 1.33 bits per heavy atom. The minimum atomic E-state index is -2.52. The molecule has 0 amide bonds. The third-order valence-corrected chi connectivity index (χ3v) is 4.20. The maximum Gasteiger partial charge on any atom is 0.151 e. The molecular formula is C18H20O6. The molecular weight excluding hydrogens is 312 g/mol. The van der Waals surface area contributed by atoms with E-state index in [-0.39, 0.29) is 17.4 Å². The first-order valence-electron chi connectivity index (χ1n) is 7.39. The molecule has 0 unspecified atom stereocenters. The van der Waals surface area contributed by atoms with Crippen LogP contribution in [0.25, 0.3) is 0 Å². The molecule has 0 aromatic heterocycles. The number of aliphatic hydroxyl groups excluding tert-OH is 3. The van der Waals surface area contributed by atoms with Crippen molar-refractivity contribution in [3.63, 3.8) is 0 Å². The lowest BCUT2D eigenvalue weighted by Gasteiger charge is -2.43. The second-order valence-corrected chi connectivity index (χ2v) is 5.62. The third kappa shape index (κ3) is 2.98. The summed E-state index contributed by atoms with van der Waals surface area (Å²) in [4.78, 5) is 11.1. The Morgan fingerprint density at radius 1 is 0.875 bits per heavy atom. The van der Waals surface area contributed by atoms with Crippen LogP contribution >= 0.6 is 0 Å². The van der Waals surface area contributed by atoms with Gasteiger partial charge in [0.25, 0.3) is 0 Å². The van der Waals surface area contributed by atoms with Gasteiger partial charge in [0.2, 0.25) is 0 Å². The summed E-state index contributed by atoms with van der Waals surface area (Å²) in [5, 5.41) is 52.2. The lowest BCUT2D eigenvalue weighted by Crippen LogP contribution is -2.60. The van der Waals surface area contributed by atoms with Crippen molar-refractivity contribution in [2.45, 2.75) is 23.4 Å². The molecule has 6 nitrogen and oxygen atoms in total. The highest BCUT2D eigenvalue weighted by Gasteiger charge is 2.54. The molecule has 0 saturated heterocycles. The van der Waals surface area contributed by atoms with Crippen LogP contribution in [0, 0.1) is 0 Å². The fraction of sp³-hybridized carbons (Fsp3) is 0.278. The van der Waals surface area contributed by atoms with E-state index in [9.17, 15) is 30.3 Å². The van der Waals surface area contributed by atoms with Crippen molar-refractivity contribution in [3.8, 4) is 0 Å². The van der Waals surface area contributed by atoms with Crippen molar-refractivity contribution in [2.75, 3.05) is 6.61 Å². The Labute approximate surface area is 139 Å². The van der Waals surface area contributed by atoms with Crippen molar-refractivity contribution < 1.29 is 30.3 Å². The molecule has 0 spiro atoms. The molecule has 2 aromatic carbocycles. The molecule has 128 valence electrons. The van der Waals surface area contributed by atoms with Gasteiger partial charge in [0.05, 0.1) is 6.61 Å². The van der Waals surface area contributed by atoms with Crippen molar-refractivity contribution in [1.82, 2.24) is 0 Å². The lowest BCUT2D eigenvalue weighted by molar-refractivity contribution is -0.224. The lowest BCUT2D eigenvalue weighted by atomic mass is 9.73. The van der Waals surface area contributed by atoms with Crippen LogP contribution in [0.15, 0.2) is 60.7 Å². The molecule has 0 aliphatic carbocycles. The quantitative estimate of drug-likeness (QED) is 0.443. The Kier molecular flexibility index (Phi) is 5.48. The van der Waals surface area contributed by atoms with E-state index in [2.05, 4.69) is 0 Å². The molecule has 0 bridgehead atoms. The van der Waals surface area contributed by atoms with E-state index >= 15 is 0 Å². The number of hydrogen-bond donors (Lipinski definition) is 5. The van der Waals surface area contributed by atoms with Gasteiger partial charge in [0.15, 0.2) is 11.9 Å². The summed E-state index contributed by atoms with van der Waals surface area (Å²) in [6, 6.07) is 15.3. The topological polar surface area (TPSA) is 118 Å². The van der Waals surface area contributed by atoms with Crippen molar-refractivity contribution in [2.24, 2.45) is 0 Å². The summed E-state index contributed by atoms with van der Waals surface area (Å²) in [7, 11) is 0. The minimum absolute atomic E-state index is 0.0277. The molecule has 0 radical (unpaired) electrons. The third-order valence-electron chi connectivity index (χ3n) is 4.20. The van der Waals surface area contributed by atoms with Crippen LogP contribution in [0.1, 0.15) is 11.1 Å². The Bertz CT molecular complexity index is 662. The zero-order valence-electron chi connectivity index (χ0n) is 12.9. The van der Waals surface area contributed by atoms with E-state index in [1.807, 2.05) is 0 Å². The van der Waals surface area contributed by atoms with Crippen LogP contribution in [0.3, 0.4) is 0 Å². The van der Waals surface area contributed by atoms with Crippen LogP contribution < -0.4 is 0 Å². The van der Waals surface area contributed by atoms with Crippen molar-refractivity contribution in [1.29, 1.82) is 0 Å². The minimum Gasteiger partial charge on any atom is -0.393 e. The fourth-order valence-electron chi connectivity index (χ4n) is 2.73. The molecule has 5 N–H and O–H groups in total. The molecule has 24 heavy (non-hydrogen) atoms. The van der Waals surface area contributed by atoms with Gasteiger partial charge in [-0.1, -0.05) is 60.7 Å². The Hall–Kier alpha value is -2.09. The van der Waals surface area contributed by atoms with Gasteiger partial charge < -0.3 is 30.3 Å². The summed E-state index contributed by atoms with van der Waals surface area (Å²) >= 11 is 0. The zero-order valence-corrected chi connectivity index (χ0v) is 12.9. The standard InChI is InChI=1S/C18H20O6/c19-11-15(21)18(24,14-9-5-2-6-10-14)16(22)17(23,12-20)13-7-3-1-4-8-13/h1-11,15-16,20-24H,12H2/t15-,16+,17+,18+/m1/s1. The Morgan fingerprint density at radius 3 is 1.75 bits per heavy atom. The van der Waals surface area contributed by atoms with Gasteiger partial charge in [0, 0.05) is 0 Å². The van der Waals surface area contributed by atoms with E-state index in [0.717, 1.165) is 0 Å². The summed E-state index contributed by atoms with van der Waals surface area (Å²) in [5.41, 5.74) is -4.65. The molecule has 0 heterocycles. The van der Waals surface area contributed by atoms with Gasteiger partial charge in [-0.2, -0.15) is 0 Å². The summed E-state index contributed by atoms with van der Waals surface area (Å²) in [5.74, 6) is 0. The average molecular weight is 332 g/mol. The van der Waals surface area contributed by atoms with Crippen LogP contribution in [-0.4, -0.2) is 50.6 Å². The molecule has 2 rings (SSSR count). The first-order valence-corrected chi connectivity index (χ1v) is 7.39. The predicted molar refractivity (Wildman–Crippen MR) is 85.8 cm³/mol. The highest BCUT2D eigenvalue weighted by Crippen LogP contribution is 2.38. The zero-order chi connectivity index (χ0) is 17.8. The van der Waals surface area contributed by atoms with Crippen LogP contribution in [0.4, 0.5) is 0 Å². The molecule has 0 aliphatic heterocycles. The van der Waals surface area contributed by atoms with Gasteiger partial charge in [-0.25, -0.2) is 0 Å². The number of benzene rings is 2. The summed E-state index contributed by atoms with van der Waals surface area (Å²) in [6.45, 7) is -0.932. The first kappa shape index (κ1) is 18.3. The molecule has 0 aliphatic rings.